The van der Waals surface area contributed by atoms with Gasteiger partial charge in [-0.15, -0.1) is 0 Å². The number of alkyl halides is 3. The molecule has 1 aromatic carbocycles. The lowest BCUT2D eigenvalue weighted by Crippen LogP contribution is -2.41. The molecule has 2 rings (SSSR count). The van der Waals surface area contributed by atoms with Crippen LogP contribution in [0.1, 0.15) is 32.8 Å². The molecule has 2 aromatic rings. The molecule has 10 heteroatoms. The zero-order valence-corrected chi connectivity index (χ0v) is 16.8. The zero-order chi connectivity index (χ0) is 21.8. The van der Waals surface area contributed by atoms with E-state index in [2.05, 4.69) is 9.97 Å². The summed E-state index contributed by atoms with van der Waals surface area (Å²) in [5, 5.41) is 0.108. The van der Waals surface area contributed by atoms with Crippen molar-refractivity contribution in [2.75, 3.05) is 6.61 Å². The van der Waals surface area contributed by atoms with Gasteiger partial charge in [0.25, 0.3) is 0 Å². The van der Waals surface area contributed by atoms with Crippen molar-refractivity contribution in [2.45, 2.75) is 39.0 Å². The van der Waals surface area contributed by atoms with Crippen LogP contribution in [0.25, 0.3) is 11.3 Å². The van der Waals surface area contributed by atoms with E-state index in [0.29, 0.717) is 6.42 Å². The van der Waals surface area contributed by atoms with E-state index in [1.165, 1.54) is 18.2 Å². The molecule has 1 atom stereocenters. The molecule has 29 heavy (non-hydrogen) atoms. The van der Waals surface area contributed by atoms with Crippen LogP contribution in [0.4, 0.5) is 18.0 Å². The first-order chi connectivity index (χ1) is 13.4. The van der Waals surface area contributed by atoms with E-state index >= 15 is 0 Å². The molecule has 0 aliphatic heterocycles. The van der Waals surface area contributed by atoms with Crippen LogP contribution in [0.3, 0.4) is 0 Å². The highest BCUT2D eigenvalue weighted by Gasteiger charge is 2.36. The average molecular weight is 432 g/mol. The summed E-state index contributed by atoms with van der Waals surface area (Å²) in [6, 6.07) is 4.90. The maximum absolute atomic E-state index is 13.6. The van der Waals surface area contributed by atoms with Gasteiger partial charge in [-0.3, -0.25) is 0 Å². The molecule has 0 radical (unpaired) electrons. The SMILES string of the molecule is CC(C)C[C@@](C)(COc1ccc(-c2cc(Cl)ncn2)cc1C(F)(F)F)OC(N)=O. The van der Waals surface area contributed by atoms with Gasteiger partial charge in [0.15, 0.2) is 0 Å². The Kier molecular flexibility index (Phi) is 6.94. The summed E-state index contributed by atoms with van der Waals surface area (Å²) >= 11 is 5.79. The van der Waals surface area contributed by atoms with Crippen molar-refractivity contribution in [3.63, 3.8) is 0 Å². The van der Waals surface area contributed by atoms with Crippen molar-refractivity contribution in [1.29, 1.82) is 0 Å². The van der Waals surface area contributed by atoms with Gasteiger partial charge in [0, 0.05) is 11.6 Å². The molecule has 1 aromatic heterocycles. The Balaban J connectivity index is 2.35. The second-order valence-electron chi connectivity index (χ2n) is 7.19. The highest BCUT2D eigenvalue weighted by atomic mass is 35.5. The number of carbonyl (C=O) groups excluding carboxylic acids is 1. The second kappa shape index (κ2) is 8.86. The molecular formula is C19H21ClF3N3O3. The van der Waals surface area contributed by atoms with Crippen molar-refractivity contribution < 1.29 is 27.4 Å². The monoisotopic (exact) mass is 431 g/mol. The second-order valence-corrected chi connectivity index (χ2v) is 7.58. The van der Waals surface area contributed by atoms with Gasteiger partial charge < -0.3 is 15.2 Å². The van der Waals surface area contributed by atoms with Gasteiger partial charge in [-0.1, -0.05) is 25.4 Å². The number of primary amides is 1. The van der Waals surface area contributed by atoms with Gasteiger partial charge in [-0.05, 0) is 37.5 Å². The average Bonchev–Trinajstić information content (AvgIpc) is 2.57. The summed E-state index contributed by atoms with van der Waals surface area (Å²) in [5.41, 5.74) is 3.37. The van der Waals surface area contributed by atoms with E-state index in [9.17, 15) is 18.0 Å². The van der Waals surface area contributed by atoms with Crippen LogP contribution in [0.2, 0.25) is 5.15 Å². The molecule has 0 unspecified atom stereocenters. The maximum atomic E-state index is 13.6. The smallest absolute Gasteiger partial charge is 0.419 e. The van der Waals surface area contributed by atoms with E-state index in [1.807, 2.05) is 13.8 Å². The third kappa shape index (κ3) is 6.49. The highest BCUT2D eigenvalue weighted by Crippen LogP contribution is 2.39. The molecule has 0 aliphatic carbocycles. The fourth-order valence-corrected chi connectivity index (χ4v) is 3.14. The van der Waals surface area contributed by atoms with Crippen LogP contribution in [0, 0.1) is 5.92 Å². The number of nitrogens with two attached hydrogens (primary N) is 1. The fraction of sp³-hybridized carbons (Fsp3) is 0.421. The molecule has 2 N–H and O–H groups in total. The first kappa shape index (κ1) is 22.7. The molecule has 0 fully saturated rings. The zero-order valence-electron chi connectivity index (χ0n) is 16.1. The number of carbonyl (C=O) groups is 1. The normalized spacial score (nSPS) is 13.8. The lowest BCUT2D eigenvalue weighted by atomic mass is 9.95. The van der Waals surface area contributed by atoms with Crippen LogP contribution in [-0.4, -0.2) is 28.3 Å². The molecule has 0 saturated carbocycles. The topological polar surface area (TPSA) is 87.3 Å². The minimum atomic E-state index is -4.68. The fourth-order valence-electron chi connectivity index (χ4n) is 3.00. The highest BCUT2D eigenvalue weighted by molar-refractivity contribution is 6.29. The largest absolute Gasteiger partial charge is 0.489 e. The molecule has 6 nitrogen and oxygen atoms in total. The van der Waals surface area contributed by atoms with Crippen molar-refractivity contribution in [2.24, 2.45) is 11.7 Å². The Morgan fingerprint density at radius 1 is 1.24 bits per heavy atom. The number of rotatable bonds is 7. The standard InChI is InChI=1S/C19H21ClF3N3O3/c1-11(2)8-18(3,29-17(24)27)9-28-15-5-4-12(6-13(15)19(21,22)23)14-7-16(20)26-10-25-14/h4-7,10-11H,8-9H2,1-3H3,(H2,24,27)/t18-/m0/s1. The molecule has 158 valence electrons. The molecule has 0 saturated heterocycles. The summed E-state index contributed by atoms with van der Waals surface area (Å²) in [6.45, 7) is 5.02. The van der Waals surface area contributed by atoms with E-state index in [4.69, 9.17) is 26.8 Å². The van der Waals surface area contributed by atoms with Crippen molar-refractivity contribution in [3.05, 3.63) is 41.3 Å². The number of nitrogens with zero attached hydrogens (tertiary/aromatic N) is 2. The Hall–Kier alpha value is -2.55. The Morgan fingerprint density at radius 2 is 1.93 bits per heavy atom. The summed E-state index contributed by atoms with van der Waals surface area (Å²) in [4.78, 5) is 18.9. The van der Waals surface area contributed by atoms with Crippen LogP contribution < -0.4 is 10.5 Å². The minimum absolute atomic E-state index is 0.0925. The summed E-state index contributed by atoms with van der Waals surface area (Å²) in [7, 11) is 0. The molecule has 1 heterocycles. The van der Waals surface area contributed by atoms with Crippen molar-refractivity contribution >= 4 is 17.7 Å². The first-order valence-electron chi connectivity index (χ1n) is 8.70. The maximum Gasteiger partial charge on any atom is 0.419 e. The van der Waals surface area contributed by atoms with Gasteiger partial charge in [-0.25, -0.2) is 14.8 Å². The third-order valence-corrected chi connectivity index (χ3v) is 4.14. The van der Waals surface area contributed by atoms with Gasteiger partial charge in [0.2, 0.25) is 0 Å². The Morgan fingerprint density at radius 3 is 2.48 bits per heavy atom. The third-order valence-electron chi connectivity index (χ3n) is 3.93. The summed E-state index contributed by atoms with van der Waals surface area (Å²) in [6.07, 6.45) is -4.19. The van der Waals surface area contributed by atoms with Crippen molar-refractivity contribution in [1.82, 2.24) is 9.97 Å². The minimum Gasteiger partial charge on any atom is -0.489 e. The van der Waals surface area contributed by atoms with E-state index in [-0.39, 0.29) is 28.9 Å². The number of hydrogen-bond donors (Lipinski definition) is 1. The molecule has 1 amide bonds. The summed E-state index contributed by atoms with van der Waals surface area (Å²) < 4.78 is 51.4. The Bertz CT molecular complexity index is 877. The molecular weight excluding hydrogens is 411 g/mol. The van der Waals surface area contributed by atoms with Crippen LogP contribution >= 0.6 is 11.6 Å². The van der Waals surface area contributed by atoms with Gasteiger partial charge >= 0.3 is 12.3 Å². The predicted molar refractivity (Wildman–Crippen MR) is 102 cm³/mol. The molecule has 0 spiro atoms. The molecule has 0 bridgehead atoms. The number of ether oxygens (including phenoxy) is 2. The summed E-state index contributed by atoms with van der Waals surface area (Å²) in [5.74, 6) is -0.306. The van der Waals surface area contributed by atoms with Crippen molar-refractivity contribution in [3.8, 4) is 17.0 Å². The molecule has 0 aliphatic rings. The van der Waals surface area contributed by atoms with E-state index < -0.39 is 29.2 Å². The van der Waals surface area contributed by atoms with Crippen LogP contribution in [0.5, 0.6) is 5.75 Å². The lowest BCUT2D eigenvalue weighted by Gasteiger charge is -2.30. The number of benzene rings is 1. The van der Waals surface area contributed by atoms with E-state index in [0.717, 1.165) is 12.4 Å². The number of halogens is 4. The predicted octanol–water partition coefficient (Wildman–Crippen LogP) is 5.09. The lowest BCUT2D eigenvalue weighted by molar-refractivity contribution is -0.139. The van der Waals surface area contributed by atoms with Gasteiger partial charge in [0.1, 0.15) is 29.4 Å². The number of aromatic nitrogens is 2. The number of amides is 1. The van der Waals surface area contributed by atoms with Crippen LogP contribution in [-0.2, 0) is 10.9 Å². The van der Waals surface area contributed by atoms with Crippen LogP contribution in [0.15, 0.2) is 30.6 Å². The number of hydrogen-bond acceptors (Lipinski definition) is 5. The van der Waals surface area contributed by atoms with Gasteiger partial charge in [-0.2, -0.15) is 13.2 Å². The van der Waals surface area contributed by atoms with Gasteiger partial charge in [0.05, 0.1) is 11.3 Å². The van der Waals surface area contributed by atoms with E-state index in [1.54, 1.807) is 6.92 Å². The quantitative estimate of drug-likeness (QED) is 0.616. The first-order valence-corrected chi connectivity index (χ1v) is 9.08. The Labute approximate surface area is 171 Å².